The second kappa shape index (κ2) is 5.53. The average molecular weight is 224 g/mol. The summed E-state index contributed by atoms with van der Waals surface area (Å²) in [5.74, 6) is 0.0833. The number of hydrogen-bond donors (Lipinski definition) is 1. The van der Waals surface area contributed by atoms with Gasteiger partial charge in [-0.1, -0.05) is 6.92 Å². The first-order chi connectivity index (χ1) is 7.54. The summed E-state index contributed by atoms with van der Waals surface area (Å²) < 4.78 is 1.57. The maximum absolute atomic E-state index is 12.0. The largest absolute Gasteiger partial charge is 0.396 e. The number of nitrogen functional groups attached to an aromatic ring is 1. The molecule has 0 unspecified atom stereocenters. The number of nitrogens with two attached hydrogens (primary N) is 1. The van der Waals surface area contributed by atoms with Crippen molar-refractivity contribution in [3.05, 3.63) is 12.4 Å². The smallest absolute Gasteiger partial charge is 0.244 e. The first kappa shape index (κ1) is 12.5. The van der Waals surface area contributed by atoms with Gasteiger partial charge < -0.3 is 10.6 Å². The number of carbonyl (C=O) groups excluding carboxylic acids is 1. The van der Waals surface area contributed by atoms with Crippen LogP contribution < -0.4 is 5.73 Å². The van der Waals surface area contributed by atoms with E-state index in [2.05, 4.69) is 12.0 Å². The van der Waals surface area contributed by atoms with Crippen LogP contribution in [0, 0.1) is 0 Å². The molecule has 0 bridgehead atoms. The van der Waals surface area contributed by atoms with Gasteiger partial charge in [-0.15, -0.1) is 0 Å². The molecule has 16 heavy (non-hydrogen) atoms. The predicted octanol–water partition coefficient (Wildman–Crippen LogP) is 1.11. The summed E-state index contributed by atoms with van der Waals surface area (Å²) in [6, 6.07) is 0.223. The van der Waals surface area contributed by atoms with Crippen LogP contribution in [0.3, 0.4) is 0 Å². The molecule has 0 atom stereocenters. The fourth-order valence-corrected chi connectivity index (χ4v) is 1.61. The van der Waals surface area contributed by atoms with Gasteiger partial charge in [0.05, 0.1) is 11.9 Å². The van der Waals surface area contributed by atoms with Crippen LogP contribution in [-0.2, 0) is 11.3 Å². The highest BCUT2D eigenvalue weighted by Gasteiger charge is 2.16. The molecule has 0 aliphatic carbocycles. The molecule has 5 heteroatoms. The first-order valence-corrected chi connectivity index (χ1v) is 5.62. The molecule has 1 heterocycles. The topological polar surface area (TPSA) is 64.2 Å². The standard InChI is InChI=1S/C11H20N4O/c1-4-5-15(9(2)3)11(16)8-14-7-10(12)6-13-14/h6-7,9H,4-5,8,12H2,1-3H3. The normalized spacial score (nSPS) is 10.8. The third kappa shape index (κ3) is 3.25. The molecule has 1 amide bonds. The Morgan fingerprint density at radius 1 is 1.62 bits per heavy atom. The van der Waals surface area contributed by atoms with Gasteiger partial charge in [-0.05, 0) is 20.3 Å². The van der Waals surface area contributed by atoms with E-state index in [0.29, 0.717) is 5.69 Å². The van der Waals surface area contributed by atoms with Crippen molar-refractivity contribution in [3.63, 3.8) is 0 Å². The van der Waals surface area contributed by atoms with Crippen LogP contribution in [-0.4, -0.2) is 33.2 Å². The number of anilines is 1. The summed E-state index contributed by atoms with van der Waals surface area (Å²) >= 11 is 0. The fourth-order valence-electron chi connectivity index (χ4n) is 1.61. The van der Waals surface area contributed by atoms with Crippen molar-refractivity contribution in [1.29, 1.82) is 0 Å². The Kier molecular flexibility index (Phi) is 4.34. The molecule has 1 rings (SSSR count). The van der Waals surface area contributed by atoms with E-state index in [9.17, 15) is 4.79 Å². The predicted molar refractivity (Wildman–Crippen MR) is 63.8 cm³/mol. The monoisotopic (exact) mass is 224 g/mol. The molecule has 0 spiro atoms. The highest BCUT2D eigenvalue weighted by Crippen LogP contribution is 2.04. The Morgan fingerprint density at radius 2 is 2.31 bits per heavy atom. The molecule has 0 radical (unpaired) electrons. The lowest BCUT2D eigenvalue weighted by atomic mass is 10.3. The molecule has 90 valence electrons. The van der Waals surface area contributed by atoms with Crippen LogP contribution in [0.2, 0.25) is 0 Å². The van der Waals surface area contributed by atoms with E-state index in [1.165, 1.54) is 0 Å². The average Bonchev–Trinajstić information content (AvgIpc) is 2.59. The number of aromatic nitrogens is 2. The molecule has 5 nitrogen and oxygen atoms in total. The Balaban J connectivity index is 2.61. The lowest BCUT2D eigenvalue weighted by molar-refractivity contribution is -0.133. The molecule has 0 saturated carbocycles. The Bertz CT molecular complexity index is 346. The zero-order valence-corrected chi connectivity index (χ0v) is 10.2. The number of amides is 1. The third-order valence-corrected chi connectivity index (χ3v) is 2.36. The summed E-state index contributed by atoms with van der Waals surface area (Å²) in [5, 5.41) is 4.00. The van der Waals surface area contributed by atoms with Gasteiger partial charge in [0.15, 0.2) is 0 Å². The van der Waals surface area contributed by atoms with Crippen LogP contribution >= 0.6 is 0 Å². The van der Waals surface area contributed by atoms with E-state index in [1.807, 2.05) is 18.7 Å². The van der Waals surface area contributed by atoms with Crippen LogP contribution in [0.4, 0.5) is 5.69 Å². The van der Waals surface area contributed by atoms with Crippen LogP contribution in [0.25, 0.3) is 0 Å². The summed E-state index contributed by atoms with van der Waals surface area (Å²) in [5.41, 5.74) is 6.12. The quantitative estimate of drug-likeness (QED) is 0.815. The van der Waals surface area contributed by atoms with E-state index in [1.54, 1.807) is 17.1 Å². The molecule has 0 aliphatic heterocycles. The van der Waals surface area contributed by atoms with E-state index < -0.39 is 0 Å². The first-order valence-electron chi connectivity index (χ1n) is 5.62. The van der Waals surface area contributed by atoms with Gasteiger partial charge in [0.1, 0.15) is 6.54 Å². The van der Waals surface area contributed by atoms with Gasteiger partial charge in [-0.3, -0.25) is 9.48 Å². The summed E-state index contributed by atoms with van der Waals surface area (Å²) in [6.07, 6.45) is 4.18. The molecular weight excluding hydrogens is 204 g/mol. The maximum Gasteiger partial charge on any atom is 0.244 e. The zero-order valence-electron chi connectivity index (χ0n) is 10.2. The Labute approximate surface area is 96.2 Å². The molecule has 1 aromatic rings. The van der Waals surface area contributed by atoms with Crippen molar-refractivity contribution in [2.75, 3.05) is 12.3 Å². The van der Waals surface area contributed by atoms with Crippen molar-refractivity contribution < 1.29 is 4.79 Å². The molecule has 0 fully saturated rings. The van der Waals surface area contributed by atoms with Gasteiger partial charge in [0.25, 0.3) is 0 Å². The minimum absolute atomic E-state index is 0.0833. The Morgan fingerprint density at radius 3 is 2.75 bits per heavy atom. The number of nitrogens with zero attached hydrogens (tertiary/aromatic N) is 3. The minimum Gasteiger partial charge on any atom is -0.396 e. The van der Waals surface area contributed by atoms with Crippen LogP contribution in [0.15, 0.2) is 12.4 Å². The maximum atomic E-state index is 12.0. The molecular formula is C11H20N4O. The lowest BCUT2D eigenvalue weighted by Crippen LogP contribution is -2.39. The molecule has 2 N–H and O–H groups in total. The Hall–Kier alpha value is -1.52. The molecule has 1 aromatic heterocycles. The summed E-state index contributed by atoms with van der Waals surface area (Å²) in [4.78, 5) is 13.8. The molecule has 0 aromatic carbocycles. The van der Waals surface area contributed by atoms with Crippen molar-refractivity contribution in [2.45, 2.75) is 39.8 Å². The van der Waals surface area contributed by atoms with Gasteiger partial charge >= 0.3 is 0 Å². The minimum atomic E-state index is 0.0833. The van der Waals surface area contributed by atoms with Gasteiger partial charge in [-0.2, -0.15) is 5.10 Å². The van der Waals surface area contributed by atoms with Crippen LogP contribution in [0.5, 0.6) is 0 Å². The second-order valence-electron chi connectivity index (χ2n) is 4.15. The third-order valence-electron chi connectivity index (χ3n) is 2.36. The van der Waals surface area contributed by atoms with Crippen molar-refractivity contribution in [2.24, 2.45) is 0 Å². The van der Waals surface area contributed by atoms with Crippen LogP contribution in [0.1, 0.15) is 27.2 Å². The lowest BCUT2D eigenvalue weighted by Gasteiger charge is -2.26. The molecule has 0 aliphatic rings. The summed E-state index contributed by atoms with van der Waals surface area (Å²) in [7, 11) is 0. The van der Waals surface area contributed by atoms with E-state index in [0.717, 1.165) is 13.0 Å². The number of rotatable bonds is 5. The number of hydrogen-bond acceptors (Lipinski definition) is 3. The van der Waals surface area contributed by atoms with Crippen molar-refractivity contribution in [3.8, 4) is 0 Å². The van der Waals surface area contributed by atoms with Gasteiger partial charge in [-0.25, -0.2) is 0 Å². The zero-order chi connectivity index (χ0) is 12.1. The van der Waals surface area contributed by atoms with Gasteiger partial charge in [0, 0.05) is 18.8 Å². The van der Waals surface area contributed by atoms with Gasteiger partial charge in [0.2, 0.25) is 5.91 Å². The van der Waals surface area contributed by atoms with Crippen molar-refractivity contribution in [1.82, 2.24) is 14.7 Å². The second-order valence-corrected chi connectivity index (χ2v) is 4.15. The van der Waals surface area contributed by atoms with Crippen molar-refractivity contribution >= 4 is 11.6 Å². The molecule has 0 saturated heterocycles. The fraction of sp³-hybridized carbons (Fsp3) is 0.636. The summed E-state index contributed by atoms with van der Waals surface area (Å²) in [6.45, 7) is 7.15. The highest BCUT2D eigenvalue weighted by molar-refractivity contribution is 5.76. The van der Waals surface area contributed by atoms with E-state index in [4.69, 9.17) is 5.73 Å². The highest BCUT2D eigenvalue weighted by atomic mass is 16.2. The SMILES string of the molecule is CCCN(C(=O)Cn1cc(N)cn1)C(C)C. The number of carbonyl (C=O) groups is 1. The van der Waals surface area contributed by atoms with E-state index in [-0.39, 0.29) is 18.5 Å². The van der Waals surface area contributed by atoms with E-state index >= 15 is 0 Å².